The van der Waals surface area contributed by atoms with Crippen molar-refractivity contribution in [2.24, 2.45) is 5.41 Å². The van der Waals surface area contributed by atoms with E-state index in [1.54, 1.807) is 0 Å². The lowest BCUT2D eigenvalue weighted by Crippen LogP contribution is -2.20. The molecule has 11 heavy (non-hydrogen) atoms. The van der Waals surface area contributed by atoms with Gasteiger partial charge >= 0.3 is 0 Å². The van der Waals surface area contributed by atoms with E-state index in [4.69, 9.17) is 5.11 Å². The summed E-state index contributed by atoms with van der Waals surface area (Å²) in [6.07, 6.45) is 5.99. The van der Waals surface area contributed by atoms with Crippen molar-refractivity contribution < 1.29 is 5.11 Å². The third-order valence-corrected chi connectivity index (χ3v) is 2.37. The lowest BCUT2D eigenvalue weighted by Gasteiger charge is -2.26. The minimum atomic E-state index is 0.199. The SMILES string of the molecule is CCCC[C@](C)(CO)CCC. The minimum absolute atomic E-state index is 0.199. The quantitative estimate of drug-likeness (QED) is 0.630. The summed E-state index contributed by atoms with van der Waals surface area (Å²) in [4.78, 5) is 0. The molecule has 68 valence electrons. The zero-order valence-electron chi connectivity index (χ0n) is 8.19. The van der Waals surface area contributed by atoms with Gasteiger partial charge in [0, 0.05) is 6.61 Å². The van der Waals surface area contributed by atoms with E-state index in [9.17, 15) is 0 Å². The van der Waals surface area contributed by atoms with Gasteiger partial charge in [0.05, 0.1) is 0 Å². The maximum Gasteiger partial charge on any atom is 0.0484 e. The summed E-state index contributed by atoms with van der Waals surface area (Å²) in [5.74, 6) is 0. The Kier molecular flexibility index (Phi) is 5.57. The summed E-state index contributed by atoms with van der Waals surface area (Å²) in [6.45, 7) is 6.91. The van der Waals surface area contributed by atoms with Crippen molar-refractivity contribution in [1.82, 2.24) is 0 Å². The molecule has 1 heteroatoms. The average molecular weight is 158 g/mol. The van der Waals surface area contributed by atoms with Crippen LogP contribution in [0.15, 0.2) is 0 Å². The van der Waals surface area contributed by atoms with Gasteiger partial charge in [0.25, 0.3) is 0 Å². The van der Waals surface area contributed by atoms with Crippen LogP contribution in [0.2, 0.25) is 0 Å². The monoisotopic (exact) mass is 158 g/mol. The molecule has 0 aliphatic carbocycles. The van der Waals surface area contributed by atoms with E-state index in [1.165, 1.54) is 25.7 Å². The van der Waals surface area contributed by atoms with E-state index in [1.807, 2.05) is 0 Å². The highest BCUT2D eigenvalue weighted by atomic mass is 16.3. The molecule has 0 unspecified atom stereocenters. The molecule has 0 heterocycles. The first kappa shape index (κ1) is 11.0. The second-order valence-electron chi connectivity index (χ2n) is 3.82. The third-order valence-electron chi connectivity index (χ3n) is 2.37. The van der Waals surface area contributed by atoms with Crippen molar-refractivity contribution >= 4 is 0 Å². The Morgan fingerprint density at radius 3 is 2.09 bits per heavy atom. The maximum atomic E-state index is 9.14. The number of unbranched alkanes of at least 4 members (excludes halogenated alkanes) is 1. The van der Waals surface area contributed by atoms with Crippen LogP contribution in [0.25, 0.3) is 0 Å². The van der Waals surface area contributed by atoms with Gasteiger partial charge in [-0.15, -0.1) is 0 Å². The van der Waals surface area contributed by atoms with Gasteiger partial charge in [-0.1, -0.05) is 40.0 Å². The summed E-state index contributed by atoms with van der Waals surface area (Å²) >= 11 is 0. The first-order valence-electron chi connectivity index (χ1n) is 4.79. The van der Waals surface area contributed by atoms with Gasteiger partial charge < -0.3 is 5.11 Å². The molecule has 0 bridgehead atoms. The van der Waals surface area contributed by atoms with Crippen LogP contribution in [0, 0.1) is 5.41 Å². The zero-order valence-corrected chi connectivity index (χ0v) is 8.19. The van der Waals surface area contributed by atoms with Gasteiger partial charge in [-0.3, -0.25) is 0 Å². The largest absolute Gasteiger partial charge is 0.396 e. The third kappa shape index (κ3) is 4.41. The first-order valence-corrected chi connectivity index (χ1v) is 4.79. The van der Waals surface area contributed by atoms with Gasteiger partial charge in [-0.25, -0.2) is 0 Å². The van der Waals surface area contributed by atoms with Crippen LogP contribution >= 0.6 is 0 Å². The number of hydrogen-bond donors (Lipinski definition) is 1. The van der Waals surface area contributed by atoms with Gasteiger partial charge in [-0.2, -0.15) is 0 Å². The van der Waals surface area contributed by atoms with Crippen molar-refractivity contribution in [3.8, 4) is 0 Å². The Morgan fingerprint density at radius 1 is 1.09 bits per heavy atom. The molecule has 0 spiro atoms. The highest BCUT2D eigenvalue weighted by Gasteiger charge is 2.20. The van der Waals surface area contributed by atoms with Gasteiger partial charge in [0.15, 0.2) is 0 Å². The minimum Gasteiger partial charge on any atom is -0.396 e. The molecule has 0 aliphatic heterocycles. The Bertz CT molecular complexity index is 90.9. The normalized spacial score (nSPS) is 16.4. The Balaban J connectivity index is 3.68. The van der Waals surface area contributed by atoms with Crippen LogP contribution in [0.5, 0.6) is 0 Å². The molecule has 0 rings (SSSR count). The van der Waals surface area contributed by atoms with Crippen LogP contribution in [-0.4, -0.2) is 11.7 Å². The Labute approximate surface area is 70.8 Å². The lowest BCUT2D eigenvalue weighted by atomic mass is 9.82. The predicted molar refractivity (Wildman–Crippen MR) is 49.6 cm³/mol. The molecule has 1 N–H and O–H groups in total. The molecule has 0 amide bonds. The van der Waals surface area contributed by atoms with Crippen LogP contribution in [-0.2, 0) is 0 Å². The summed E-state index contributed by atoms with van der Waals surface area (Å²) in [6, 6.07) is 0. The molecular weight excluding hydrogens is 136 g/mol. The molecule has 1 atom stereocenters. The molecule has 0 aromatic heterocycles. The zero-order chi connectivity index (χ0) is 8.74. The second-order valence-corrected chi connectivity index (χ2v) is 3.82. The molecule has 0 aromatic rings. The van der Waals surface area contributed by atoms with Crippen molar-refractivity contribution in [3.05, 3.63) is 0 Å². The van der Waals surface area contributed by atoms with E-state index >= 15 is 0 Å². The number of aliphatic hydroxyl groups excluding tert-OH is 1. The molecule has 0 saturated heterocycles. The maximum absolute atomic E-state index is 9.14. The van der Waals surface area contributed by atoms with Crippen molar-refractivity contribution in [2.75, 3.05) is 6.61 Å². The van der Waals surface area contributed by atoms with Crippen LogP contribution in [0.1, 0.15) is 52.9 Å². The van der Waals surface area contributed by atoms with Crippen molar-refractivity contribution in [2.45, 2.75) is 52.9 Å². The van der Waals surface area contributed by atoms with E-state index in [0.29, 0.717) is 6.61 Å². The topological polar surface area (TPSA) is 20.2 Å². The highest BCUT2D eigenvalue weighted by molar-refractivity contribution is 4.72. The lowest BCUT2D eigenvalue weighted by molar-refractivity contribution is 0.119. The fraction of sp³-hybridized carbons (Fsp3) is 1.00. The molecule has 0 fully saturated rings. The summed E-state index contributed by atoms with van der Waals surface area (Å²) < 4.78 is 0. The highest BCUT2D eigenvalue weighted by Crippen LogP contribution is 2.28. The van der Waals surface area contributed by atoms with Gasteiger partial charge in [-0.05, 0) is 18.3 Å². The average Bonchev–Trinajstić information content (AvgIpc) is 2.02. The van der Waals surface area contributed by atoms with Crippen LogP contribution in [0.4, 0.5) is 0 Å². The smallest absolute Gasteiger partial charge is 0.0484 e. The molecule has 0 radical (unpaired) electrons. The molecular formula is C10H22O. The van der Waals surface area contributed by atoms with E-state index in [-0.39, 0.29) is 5.41 Å². The van der Waals surface area contributed by atoms with Crippen LogP contribution in [0.3, 0.4) is 0 Å². The predicted octanol–water partition coefficient (Wildman–Crippen LogP) is 2.98. The number of hydrogen-bond acceptors (Lipinski definition) is 1. The Morgan fingerprint density at radius 2 is 1.73 bits per heavy atom. The van der Waals surface area contributed by atoms with E-state index in [0.717, 1.165) is 6.42 Å². The van der Waals surface area contributed by atoms with Gasteiger partial charge in [0.2, 0.25) is 0 Å². The standard InChI is InChI=1S/C10H22O/c1-4-6-8-10(3,9-11)7-5-2/h11H,4-9H2,1-3H3/t10-/m1/s1. The molecule has 1 nitrogen and oxygen atoms in total. The van der Waals surface area contributed by atoms with Crippen LogP contribution < -0.4 is 0 Å². The second kappa shape index (κ2) is 5.59. The first-order chi connectivity index (χ1) is 5.18. The summed E-state index contributed by atoms with van der Waals surface area (Å²) in [5.41, 5.74) is 0.199. The number of rotatable bonds is 6. The number of aliphatic hydroxyl groups is 1. The van der Waals surface area contributed by atoms with Crippen molar-refractivity contribution in [3.63, 3.8) is 0 Å². The molecule has 0 saturated carbocycles. The fourth-order valence-corrected chi connectivity index (χ4v) is 1.49. The fourth-order valence-electron chi connectivity index (χ4n) is 1.49. The van der Waals surface area contributed by atoms with E-state index < -0.39 is 0 Å². The molecule has 0 aliphatic rings. The Hall–Kier alpha value is -0.0400. The summed E-state index contributed by atoms with van der Waals surface area (Å²) in [7, 11) is 0. The van der Waals surface area contributed by atoms with E-state index in [2.05, 4.69) is 20.8 Å². The molecule has 0 aromatic carbocycles. The van der Waals surface area contributed by atoms with Crippen molar-refractivity contribution in [1.29, 1.82) is 0 Å². The van der Waals surface area contributed by atoms with Gasteiger partial charge in [0.1, 0.15) is 0 Å². The summed E-state index contributed by atoms with van der Waals surface area (Å²) in [5, 5.41) is 9.14.